The van der Waals surface area contributed by atoms with Crippen LogP contribution in [0.2, 0.25) is 0 Å². The van der Waals surface area contributed by atoms with Gasteiger partial charge in [0.1, 0.15) is 0 Å². The minimum atomic E-state index is -3.56. The van der Waals surface area contributed by atoms with E-state index in [1.54, 1.807) is 47.4 Å². The number of hydrogen-bond acceptors (Lipinski definition) is 5. The standard InChI is InChI=1S/C20H22N2O5S/c1-14-2-5-17(6-3-14)28(24,25)21-16-8-10-22(11-9-16)20(23)15-4-7-18-19(12-15)27-13-26-18/h2-7,12,16,21H,8-11,13H2,1H3. The van der Waals surface area contributed by atoms with Crippen molar-refractivity contribution < 1.29 is 22.7 Å². The van der Waals surface area contributed by atoms with Gasteiger partial charge in [0.05, 0.1) is 4.90 Å². The first kappa shape index (κ1) is 18.8. The van der Waals surface area contributed by atoms with Crippen molar-refractivity contribution in [3.8, 4) is 11.5 Å². The van der Waals surface area contributed by atoms with E-state index in [-0.39, 0.29) is 23.6 Å². The number of piperidine rings is 1. The number of benzene rings is 2. The van der Waals surface area contributed by atoms with E-state index in [1.165, 1.54) is 0 Å². The molecule has 0 atom stereocenters. The fraction of sp³-hybridized carbons (Fsp3) is 0.350. The van der Waals surface area contributed by atoms with Crippen LogP contribution in [0.1, 0.15) is 28.8 Å². The normalized spacial score (nSPS) is 17.0. The van der Waals surface area contributed by atoms with Crippen LogP contribution in [0.5, 0.6) is 11.5 Å². The molecule has 2 aliphatic heterocycles. The molecule has 7 nitrogen and oxygen atoms in total. The maximum Gasteiger partial charge on any atom is 0.253 e. The molecule has 28 heavy (non-hydrogen) atoms. The van der Waals surface area contributed by atoms with Gasteiger partial charge in [-0.1, -0.05) is 17.7 Å². The number of nitrogens with zero attached hydrogens (tertiary/aromatic N) is 1. The Morgan fingerprint density at radius 2 is 1.71 bits per heavy atom. The SMILES string of the molecule is Cc1ccc(S(=O)(=O)NC2CCN(C(=O)c3ccc4c(c3)OCO4)CC2)cc1. The average molecular weight is 402 g/mol. The van der Waals surface area contributed by atoms with E-state index >= 15 is 0 Å². The number of sulfonamides is 1. The van der Waals surface area contributed by atoms with Crippen LogP contribution in [-0.2, 0) is 10.0 Å². The number of fused-ring (bicyclic) bond motifs is 1. The second-order valence-electron chi connectivity index (χ2n) is 7.07. The molecule has 1 amide bonds. The van der Waals surface area contributed by atoms with Crippen LogP contribution < -0.4 is 14.2 Å². The summed E-state index contributed by atoms with van der Waals surface area (Å²) < 4.78 is 38.4. The third kappa shape index (κ3) is 3.83. The van der Waals surface area contributed by atoms with Gasteiger partial charge in [-0.05, 0) is 50.1 Å². The molecular formula is C20H22N2O5S. The van der Waals surface area contributed by atoms with Crippen molar-refractivity contribution >= 4 is 15.9 Å². The molecule has 4 rings (SSSR count). The molecule has 1 N–H and O–H groups in total. The van der Waals surface area contributed by atoms with Crippen molar-refractivity contribution in [3.63, 3.8) is 0 Å². The summed E-state index contributed by atoms with van der Waals surface area (Å²) in [4.78, 5) is 14.7. The lowest BCUT2D eigenvalue weighted by Gasteiger charge is -2.32. The highest BCUT2D eigenvalue weighted by Crippen LogP contribution is 2.33. The van der Waals surface area contributed by atoms with Crippen molar-refractivity contribution in [3.05, 3.63) is 53.6 Å². The summed E-state index contributed by atoms with van der Waals surface area (Å²) in [6.07, 6.45) is 1.14. The van der Waals surface area contributed by atoms with E-state index in [1.807, 2.05) is 6.92 Å². The Kier molecular flexibility index (Phi) is 4.99. The van der Waals surface area contributed by atoms with E-state index in [0.717, 1.165) is 5.56 Å². The fourth-order valence-electron chi connectivity index (χ4n) is 3.42. The highest BCUT2D eigenvalue weighted by Gasteiger charge is 2.28. The van der Waals surface area contributed by atoms with E-state index in [4.69, 9.17) is 9.47 Å². The van der Waals surface area contributed by atoms with Crippen molar-refractivity contribution in [2.24, 2.45) is 0 Å². The summed E-state index contributed by atoms with van der Waals surface area (Å²) in [6.45, 7) is 3.07. The summed E-state index contributed by atoms with van der Waals surface area (Å²) >= 11 is 0. The molecule has 8 heteroatoms. The average Bonchev–Trinajstić information content (AvgIpc) is 3.16. The predicted octanol–water partition coefficient (Wildman–Crippen LogP) is 2.31. The Bertz CT molecular complexity index is 980. The quantitative estimate of drug-likeness (QED) is 0.848. The largest absolute Gasteiger partial charge is 0.454 e. The Morgan fingerprint density at radius 3 is 2.43 bits per heavy atom. The summed E-state index contributed by atoms with van der Waals surface area (Å²) in [5, 5.41) is 0. The van der Waals surface area contributed by atoms with Gasteiger partial charge < -0.3 is 14.4 Å². The molecule has 148 valence electrons. The molecule has 2 aromatic carbocycles. The molecule has 0 saturated carbocycles. The molecule has 0 bridgehead atoms. The number of ether oxygens (including phenoxy) is 2. The molecule has 1 saturated heterocycles. The lowest BCUT2D eigenvalue weighted by Crippen LogP contribution is -2.46. The van der Waals surface area contributed by atoms with Crippen LogP contribution in [0.4, 0.5) is 0 Å². The minimum absolute atomic E-state index is 0.0851. The second-order valence-corrected chi connectivity index (χ2v) is 8.78. The van der Waals surface area contributed by atoms with E-state index in [2.05, 4.69) is 4.72 Å². The zero-order valence-corrected chi connectivity index (χ0v) is 16.4. The number of carbonyl (C=O) groups excluding carboxylic acids is 1. The van der Waals surface area contributed by atoms with Crippen LogP contribution in [-0.4, -0.2) is 45.1 Å². The van der Waals surface area contributed by atoms with Gasteiger partial charge in [0.25, 0.3) is 5.91 Å². The van der Waals surface area contributed by atoms with E-state index < -0.39 is 10.0 Å². The maximum absolute atomic E-state index is 12.7. The number of rotatable bonds is 4. The lowest BCUT2D eigenvalue weighted by atomic mass is 10.0. The number of likely N-dealkylation sites (tertiary alicyclic amines) is 1. The van der Waals surface area contributed by atoms with Crippen LogP contribution >= 0.6 is 0 Å². The molecular weight excluding hydrogens is 380 g/mol. The Hall–Kier alpha value is -2.58. The smallest absolute Gasteiger partial charge is 0.253 e. The van der Waals surface area contributed by atoms with Gasteiger partial charge in [0.15, 0.2) is 11.5 Å². The number of amides is 1. The Balaban J connectivity index is 1.36. The Morgan fingerprint density at radius 1 is 1.04 bits per heavy atom. The van der Waals surface area contributed by atoms with Gasteiger partial charge >= 0.3 is 0 Å². The number of aryl methyl sites for hydroxylation is 1. The molecule has 0 radical (unpaired) electrons. The monoisotopic (exact) mass is 402 g/mol. The molecule has 0 spiro atoms. The first-order valence-corrected chi connectivity index (χ1v) is 10.7. The van der Waals surface area contributed by atoms with Gasteiger partial charge in [-0.3, -0.25) is 4.79 Å². The van der Waals surface area contributed by atoms with Crippen LogP contribution in [0.3, 0.4) is 0 Å². The van der Waals surface area contributed by atoms with Crippen LogP contribution in [0, 0.1) is 6.92 Å². The zero-order valence-electron chi connectivity index (χ0n) is 15.6. The molecule has 2 heterocycles. The first-order valence-electron chi connectivity index (χ1n) is 9.20. The first-order chi connectivity index (χ1) is 13.4. The molecule has 2 aromatic rings. The summed E-state index contributed by atoms with van der Waals surface area (Å²) in [7, 11) is -3.56. The number of carbonyl (C=O) groups is 1. The molecule has 0 unspecified atom stereocenters. The molecule has 0 aliphatic carbocycles. The van der Waals surface area contributed by atoms with Crippen molar-refractivity contribution in [2.45, 2.75) is 30.7 Å². The number of nitrogens with one attached hydrogen (secondary N) is 1. The minimum Gasteiger partial charge on any atom is -0.454 e. The summed E-state index contributed by atoms with van der Waals surface area (Å²) in [6, 6.07) is 11.7. The Labute approximate surface area is 164 Å². The fourth-order valence-corrected chi connectivity index (χ4v) is 4.72. The molecule has 2 aliphatic rings. The van der Waals surface area contributed by atoms with Gasteiger partial charge in [-0.25, -0.2) is 13.1 Å². The maximum atomic E-state index is 12.7. The molecule has 1 fully saturated rings. The topological polar surface area (TPSA) is 84.9 Å². The van der Waals surface area contributed by atoms with E-state index in [9.17, 15) is 13.2 Å². The van der Waals surface area contributed by atoms with Crippen LogP contribution in [0.15, 0.2) is 47.4 Å². The van der Waals surface area contributed by atoms with Crippen molar-refractivity contribution in [1.82, 2.24) is 9.62 Å². The third-order valence-corrected chi connectivity index (χ3v) is 6.59. The molecule has 0 aromatic heterocycles. The van der Waals surface area contributed by atoms with Crippen LogP contribution in [0.25, 0.3) is 0 Å². The van der Waals surface area contributed by atoms with Crippen molar-refractivity contribution in [1.29, 1.82) is 0 Å². The number of hydrogen-bond donors (Lipinski definition) is 1. The lowest BCUT2D eigenvalue weighted by molar-refractivity contribution is 0.0711. The summed E-state index contributed by atoms with van der Waals surface area (Å²) in [5.74, 6) is 1.13. The summed E-state index contributed by atoms with van der Waals surface area (Å²) in [5.41, 5.74) is 1.55. The third-order valence-electron chi connectivity index (χ3n) is 5.05. The van der Waals surface area contributed by atoms with Gasteiger partial charge in [-0.15, -0.1) is 0 Å². The predicted molar refractivity (Wildman–Crippen MR) is 103 cm³/mol. The van der Waals surface area contributed by atoms with Crippen molar-refractivity contribution in [2.75, 3.05) is 19.9 Å². The van der Waals surface area contributed by atoms with Gasteiger partial charge in [0, 0.05) is 24.7 Å². The highest BCUT2D eigenvalue weighted by atomic mass is 32.2. The zero-order chi connectivity index (χ0) is 19.7. The van der Waals surface area contributed by atoms with E-state index in [0.29, 0.717) is 43.0 Å². The van der Waals surface area contributed by atoms with Gasteiger partial charge in [0.2, 0.25) is 16.8 Å². The second kappa shape index (κ2) is 7.44. The highest BCUT2D eigenvalue weighted by molar-refractivity contribution is 7.89. The van der Waals surface area contributed by atoms with Gasteiger partial charge in [-0.2, -0.15) is 0 Å².